The predicted octanol–water partition coefficient (Wildman–Crippen LogP) is 2.31. The van der Waals surface area contributed by atoms with Gasteiger partial charge in [-0.2, -0.15) is 0 Å². The molecule has 1 fully saturated rings. The maximum absolute atomic E-state index is 13.1. The van der Waals surface area contributed by atoms with Gasteiger partial charge in [0.2, 0.25) is 0 Å². The van der Waals surface area contributed by atoms with Crippen LogP contribution in [0.5, 0.6) is 0 Å². The number of halogens is 1. The highest BCUT2D eigenvalue weighted by Gasteiger charge is 2.16. The number of hydrogen-bond acceptors (Lipinski definition) is 2. The van der Waals surface area contributed by atoms with Crippen LogP contribution in [-0.2, 0) is 11.3 Å². The van der Waals surface area contributed by atoms with Gasteiger partial charge in [0.15, 0.2) is 5.11 Å². The van der Waals surface area contributed by atoms with Crippen LogP contribution in [0.1, 0.15) is 18.4 Å². The fraction of sp³-hybridized carbons (Fsp3) is 0.500. The van der Waals surface area contributed by atoms with Crippen molar-refractivity contribution >= 4 is 17.3 Å². The van der Waals surface area contributed by atoms with Gasteiger partial charge in [-0.05, 0) is 42.8 Å². The molecule has 1 aliphatic rings. The number of nitrogens with zero attached hydrogens (tertiary/aromatic N) is 1. The van der Waals surface area contributed by atoms with E-state index in [1.807, 2.05) is 18.0 Å². The molecule has 2 rings (SSSR count). The topological polar surface area (TPSA) is 24.5 Å². The average molecular weight is 282 g/mol. The number of hydrogen-bond donors (Lipinski definition) is 1. The normalized spacial score (nSPS) is 18.3. The van der Waals surface area contributed by atoms with Crippen LogP contribution in [0.3, 0.4) is 0 Å². The quantitative estimate of drug-likeness (QED) is 0.857. The molecule has 1 N–H and O–H groups in total. The Hall–Kier alpha value is -1.20. The minimum absolute atomic E-state index is 0.218. The van der Waals surface area contributed by atoms with Crippen molar-refractivity contribution < 1.29 is 9.13 Å². The number of rotatable bonds is 4. The maximum Gasteiger partial charge on any atom is 0.169 e. The molecule has 0 radical (unpaired) electrons. The summed E-state index contributed by atoms with van der Waals surface area (Å²) in [6.07, 6.45) is 2.47. The van der Waals surface area contributed by atoms with Crippen molar-refractivity contribution in [2.45, 2.75) is 25.5 Å². The van der Waals surface area contributed by atoms with Crippen LogP contribution < -0.4 is 5.32 Å². The molecule has 1 aromatic rings. The van der Waals surface area contributed by atoms with E-state index in [4.69, 9.17) is 17.0 Å². The maximum atomic E-state index is 13.1. The van der Waals surface area contributed by atoms with E-state index in [1.165, 1.54) is 12.1 Å². The lowest BCUT2D eigenvalue weighted by molar-refractivity contribution is 0.113. The van der Waals surface area contributed by atoms with E-state index in [2.05, 4.69) is 5.32 Å². The Morgan fingerprint density at radius 1 is 1.58 bits per heavy atom. The first kappa shape index (κ1) is 14.2. The molecule has 0 amide bonds. The van der Waals surface area contributed by atoms with Gasteiger partial charge in [0.1, 0.15) is 5.82 Å². The molecule has 3 nitrogen and oxygen atoms in total. The first-order valence-corrected chi connectivity index (χ1v) is 6.91. The van der Waals surface area contributed by atoms with E-state index in [1.54, 1.807) is 6.07 Å². The third-order valence-corrected chi connectivity index (χ3v) is 3.62. The van der Waals surface area contributed by atoms with Crippen molar-refractivity contribution in [3.63, 3.8) is 0 Å². The van der Waals surface area contributed by atoms with Crippen LogP contribution in [0.4, 0.5) is 4.39 Å². The first-order valence-electron chi connectivity index (χ1n) is 6.50. The predicted molar refractivity (Wildman–Crippen MR) is 77.4 cm³/mol. The summed E-state index contributed by atoms with van der Waals surface area (Å²) in [6.45, 7) is 2.18. The fourth-order valence-corrected chi connectivity index (χ4v) is 2.27. The van der Waals surface area contributed by atoms with Crippen molar-refractivity contribution in [2.75, 3.05) is 20.2 Å². The molecule has 0 aromatic heterocycles. The van der Waals surface area contributed by atoms with Gasteiger partial charge in [-0.1, -0.05) is 12.1 Å². The summed E-state index contributed by atoms with van der Waals surface area (Å²) >= 11 is 5.31. The second-order valence-electron chi connectivity index (χ2n) is 4.81. The van der Waals surface area contributed by atoms with Crippen LogP contribution in [0.2, 0.25) is 0 Å². The molecular formula is C14H19FN2OS. The molecule has 1 saturated heterocycles. The van der Waals surface area contributed by atoms with Crippen molar-refractivity contribution in [2.24, 2.45) is 0 Å². The number of ether oxygens (including phenoxy) is 1. The van der Waals surface area contributed by atoms with Crippen LogP contribution in [0.15, 0.2) is 24.3 Å². The zero-order valence-corrected chi connectivity index (χ0v) is 11.9. The van der Waals surface area contributed by atoms with Gasteiger partial charge in [0.05, 0.1) is 6.10 Å². The van der Waals surface area contributed by atoms with E-state index >= 15 is 0 Å². The van der Waals surface area contributed by atoms with Crippen molar-refractivity contribution in [3.8, 4) is 0 Å². The van der Waals surface area contributed by atoms with Crippen LogP contribution in [0, 0.1) is 5.82 Å². The molecule has 5 heteroatoms. The molecule has 1 unspecified atom stereocenters. The number of benzene rings is 1. The molecule has 0 saturated carbocycles. The lowest BCUT2D eigenvalue weighted by Crippen LogP contribution is -2.40. The molecule has 0 bridgehead atoms. The zero-order valence-electron chi connectivity index (χ0n) is 11.1. The van der Waals surface area contributed by atoms with Crippen LogP contribution in [0.25, 0.3) is 0 Å². The third-order valence-electron chi connectivity index (χ3n) is 3.16. The highest BCUT2D eigenvalue weighted by Crippen LogP contribution is 2.11. The Balaban J connectivity index is 1.78. The van der Waals surface area contributed by atoms with Gasteiger partial charge in [-0.25, -0.2) is 4.39 Å². The Kier molecular flexibility index (Phi) is 5.10. The Morgan fingerprint density at radius 3 is 3.11 bits per heavy atom. The molecule has 1 heterocycles. The number of nitrogens with one attached hydrogen (secondary N) is 1. The molecular weight excluding hydrogens is 263 g/mol. The smallest absolute Gasteiger partial charge is 0.169 e. The fourth-order valence-electron chi connectivity index (χ4n) is 2.12. The highest BCUT2D eigenvalue weighted by molar-refractivity contribution is 7.80. The van der Waals surface area contributed by atoms with Crippen LogP contribution in [-0.4, -0.2) is 36.3 Å². The minimum Gasteiger partial charge on any atom is -0.376 e. The summed E-state index contributed by atoms with van der Waals surface area (Å²) in [5, 5.41) is 3.86. The van der Waals surface area contributed by atoms with Gasteiger partial charge >= 0.3 is 0 Å². The van der Waals surface area contributed by atoms with Crippen molar-refractivity contribution in [3.05, 3.63) is 35.6 Å². The lowest BCUT2D eigenvalue weighted by atomic mass is 10.2. The monoisotopic (exact) mass is 282 g/mol. The lowest BCUT2D eigenvalue weighted by Gasteiger charge is -2.22. The van der Waals surface area contributed by atoms with E-state index in [-0.39, 0.29) is 11.9 Å². The summed E-state index contributed by atoms with van der Waals surface area (Å²) in [5.41, 5.74) is 0.906. The standard InChI is InChI=1S/C14H19FN2OS/c1-17(10-11-4-2-5-12(15)8-11)14(19)16-9-13-6-3-7-18-13/h2,4-5,8,13H,3,6-7,9-10H2,1H3,(H,16,19). The van der Waals surface area contributed by atoms with Gasteiger partial charge < -0.3 is 15.0 Å². The summed E-state index contributed by atoms with van der Waals surface area (Å²) in [5.74, 6) is -0.218. The first-order chi connectivity index (χ1) is 9.15. The number of thiocarbonyl (C=S) groups is 1. The SMILES string of the molecule is CN(Cc1cccc(F)c1)C(=S)NCC1CCCO1. The molecule has 0 spiro atoms. The average Bonchev–Trinajstić information content (AvgIpc) is 2.89. The molecule has 104 valence electrons. The summed E-state index contributed by atoms with van der Waals surface area (Å²) < 4.78 is 18.6. The van der Waals surface area contributed by atoms with Crippen molar-refractivity contribution in [1.29, 1.82) is 0 Å². The summed E-state index contributed by atoms with van der Waals surface area (Å²) in [7, 11) is 1.90. The largest absolute Gasteiger partial charge is 0.376 e. The van der Waals surface area contributed by atoms with Gasteiger partial charge in [0.25, 0.3) is 0 Å². The molecule has 0 aliphatic carbocycles. The molecule has 1 aliphatic heterocycles. The summed E-state index contributed by atoms with van der Waals surface area (Å²) in [4.78, 5) is 1.90. The Bertz CT molecular complexity index is 435. The van der Waals surface area contributed by atoms with Crippen LogP contribution >= 0.6 is 12.2 Å². The summed E-state index contributed by atoms with van der Waals surface area (Å²) in [6, 6.07) is 6.57. The Morgan fingerprint density at radius 2 is 2.42 bits per heavy atom. The molecule has 19 heavy (non-hydrogen) atoms. The van der Waals surface area contributed by atoms with Gasteiger partial charge in [-0.15, -0.1) is 0 Å². The van der Waals surface area contributed by atoms with Gasteiger partial charge in [0, 0.05) is 26.7 Å². The minimum atomic E-state index is -0.218. The highest BCUT2D eigenvalue weighted by atomic mass is 32.1. The second kappa shape index (κ2) is 6.82. The molecule has 1 aromatic carbocycles. The van der Waals surface area contributed by atoms with Crippen molar-refractivity contribution in [1.82, 2.24) is 10.2 Å². The van der Waals surface area contributed by atoms with E-state index in [0.717, 1.165) is 31.6 Å². The van der Waals surface area contributed by atoms with E-state index in [9.17, 15) is 4.39 Å². The van der Waals surface area contributed by atoms with E-state index in [0.29, 0.717) is 11.7 Å². The van der Waals surface area contributed by atoms with E-state index < -0.39 is 0 Å². The van der Waals surface area contributed by atoms with Gasteiger partial charge in [-0.3, -0.25) is 0 Å². The molecule has 1 atom stereocenters. The zero-order chi connectivity index (χ0) is 13.7. The third kappa shape index (κ3) is 4.44. The second-order valence-corrected chi connectivity index (χ2v) is 5.19. The Labute approximate surface area is 118 Å².